The molecule has 0 bridgehead atoms. The van der Waals surface area contributed by atoms with E-state index < -0.39 is 0 Å². The summed E-state index contributed by atoms with van der Waals surface area (Å²) in [5, 5.41) is 0. The van der Waals surface area contributed by atoms with E-state index in [-0.39, 0.29) is 0 Å². The molecule has 1 saturated carbocycles. The fraction of sp³-hybridized carbons (Fsp3) is 1.00. The summed E-state index contributed by atoms with van der Waals surface area (Å²) in [4.78, 5) is 5.13. The number of nitrogens with zero attached hydrogens (tertiary/aromatic N) is 2. The standard InChI is InChI=1S/C11H22N2/c1-10-8-12(2)6-7-13(10)9-11-4-3-5-11/h10-11H,3-9H2,1-2H3/t10-/m1/s1. The Bertz CT molecular complexity index is 165. The van der Waals surface area contributed by atoms with Crippen LogP contribution in [0.4, 0.5) is 0 Å². The van der Waals surface area contributed by atoms with Crippen molar-refractivity contribution in [2.24, 2.45) is 5.92 Å². The minimum absolute atomic E-state index is 0.777. The zero-order chi connectivity index (χ0) is 9.26. The highest BCUT2D eigenvalue weighted by molar-refractivity contribution is 4.81. The summed E-state index contributed by atoms with van der Waals surface area (Å²) in [7, 11) is 2.23. The Morgan fingerprint density at radius 3 is 2.54 bits per heavy atom. The molecule has 2 heteroatoms. The summed E-state index contributed by atoms with van der Waals surface area (Å²) in [6.45, 7) is 7.54. The minimum atomic E-state index is 0.777. The first-order valence-corrected chi connectivity index (χ1v) is 5.68. The van der Waals surface area contributed by atoms with Crippen LogP contribution in [0, 0.1) is 5.92 Å². The van der Waals surface area contributed by atoms with Crippen LogP contribution in [0.15, 0.2) is 0 Å². The monoisotopic (exact) mass is 182 g/mol. The van der Waals surface area contributed by atoms with Crippen molar-refractivity contribution in [2.75, 3.05) is 33.2 Å². The molecule has 0 aromatic heterocycles. The second kappa shape index (κ2) is 3.97. The van der Waals surface area contributed by atoms with Gasteiger partial charge in [-0.2, -0.15) is 0 Å². The van der Waals surface area contributed by atoms with Crippen molar-refractivity contribution < 1.29 is 0 Å². The first-order chi connectivity index (χ1) is 6.25. The molecular weight excluding hydrogens is 160 g/mol. The summed E-state index contributed by atoms with van der Waals surface area (Å²) in [6.07, 6.45) is 4.45. The number of hydrogen-bond acceptors (Lipinski definition) is 2. The van der Waals surface area contributed by atoms with Crippen LogP contribution < -0.4 is 0 Å². The van der Waals surface area contributed by atoms with E-state index in [1.54, 1.807) is 0 Å². The normalized spacial score (nSPS) is 33.2. The highest BCUT2D eigenvalue weighted by Gasteiger charge is 2.26. The van der Waals surface area contributed by atoms with Crippen molar-refractivity contribution in [1.82, 2.24) is 9.80 Å². The molecule has 0 radical (unpaired) electrons. The van der Waals surface area contributed by atoms with Crippen LogP contribution in [0.3, 0.4) is 0 Å². The molecule has 0 unspecified atom stereocenters. The fourth-order valence-electron chi connectivity index (χ4n) is 2.46. The van der Waals surface area contributed by atoms with Gasteiger partial charge < -0.3 is 4.90 Å². The van der Waals surface area contributed by atoms with E-state index in [1.807, 2.05) is 0 Å². The maximum atomic E-state index is 2.68. The molecule has 1 saturated heterocycles. The largest absolute Gasteiger partial charge is 0.304 e. The van der Waals surface area contributed by atoms with Gasteiger partial charge in [0.05, 0.1) is 0 Å². The molecule has 2 nitrogen and oxygen atoms in total. The lowest BCUT2D eigenvalue weighted by Gasteiger charge is -2.41. The van der Waals surface area contributed by atoms with Gasteiger partial charge >= 0.3 is 0 Å². The number of rotatable bonds is 2. The SMILES string of the molecule is C[C@@H]1CN(C)CCN1CC1CCC1. The van der Waals surface area contributed by atoms with Crippen molar-refractivity contribution >= 4 is 0 Å². The van der Waals surface area contributed by atoms with Crippen LogP contribution in [0.2, 0.25) is 0 Å². The van der Waals surface area contributed by atoms with Gasteiger partial charge in [0, 0.05) is 32.2 Å². The Morgan fingerprint density at radius 2 is 2.00 bits per heavy atom. The van der Waals surface area contributed by atoms with E-state index in [0.29, 0.717) is 0 Å². The van der Waals surface area contributed by atoms with Crippen molar-refractivity contribution in [1.29, 1.82) is 0 Å². The average molecular weight is 182 g/mol. The summed E-state index contributed by atoms with van der Waals surface area (Å²) >= 11 is 0. The first kappa shape index (κ1) is 9.47. The molecule has 0 aromatic carbocycles. The molecule has 1 heterocycles. The second-order valence-electron chi connectivity index (χ2n) is 4.90. The topological polar surface area (TPSA) is 6.48 Å². The second-order valence-corrected chi connectivity index (χ2v) is 4.90. The predicted molar refractivity (Wildman–Crippen MR) is 55.9 cm³/mol. The molecular formula is C11H22N2. The molecule has 13 heavy (non-hydrogen) atoms. The van der Waals surface area contributed by atoms with Gasteiger partial charge in [-0.15, -0.1) is 0 Å². The molecule has 1 aliphatic carbocycles. The third-order valence-corrected chi connectivity index (χ3v) is 3.69. The summed E-state index contributed by atoms with van der Waals surface area (Å²) in [6, 6.07) is 0.777. The molecule has 2 fully saturated rings. The Hall–Kier alpha value is -0.0800. The lowest BCUT2D eigenvalue weighted by Crippen LogP contribution is -2.52. The van der Waals surface area contributed by atoms with Crippen molar-refractivity contribution in [3.8, 4) is 0 Å². The number of piperazine rings is 1. The molecule has 0 spiro atoms. The molecule has 0 N–H and O–H groups in total. The highest BCUT2D eigenvalue weighted by atomic mass is 15.3. The zero-order valence-corrected chi connectivity index (χ0v) is 9.00. The Labute approximate surface area is 81.9 Å². The maximum absolute atomic E-state index is 2.68. The van der Waals surface area contributed by atoms with Crippen LogP contribution >= 0.6 is 0 Å². The quantitative estimate of drug-likeness (QED) is 0.637. The van der Waals surface area contributed by atoms with Crippen molar-refractivity contribution in [3.63, 3.8) is 0 Å². The fourth-order valence-corrected chi connectivity index (χ4v) is 2.46. The lowest BCUT2D eigenvalue weighted by atomic mass is 9.84. The third kappa shape index (κ3) is 2.23. The zero-order valence-electron chi connectivity index (χ0n) is 9.00. The van der Waals surface area contributed by atoms with Crippen LogP contribution in [0.1, 0.15) is 26.2 Å². The molecule has 2 aliphatic rings. The highest BCUT2D eigenvalue weighted by Crippen LogP contribution is 2.28. The van der Waals surface area contributed by atoms with E-state index in [2.05, 4.69) is 23.8 Å². The van der Waals surface area contributed by atoms with Gasteiger partial charge in [-0.25, -0.2) is 0 Å². The van der Waals surface area contributed by atoms with Crippen LogP contribution in [-0.4, -0.2) is 49.1 Å². The van der Waals surface area contributed by atoms with Gasteiger partial charge in [-0.1, -0.05) is 6.42 Å². The van der Waals surface area contributed by atoms with Crippen LogP contribution in [0.25, 0.3) is 0 Å². The number of hydrogen-bond donors (Lipinski definition) is 0. The molecule has 0 aromatic rings. The Morgan fingerprint density at radius 1 is 1.23 bits per heavy atom. The van der Waals surface area contributed by atoms with Gasteiger partial charge in [0.1, 0.15) is 0 Å². The van der Waals surface area contributed by atoms with Crippen molar-refractivity contribution in [2.45, 2.75) is 32.2 Å². The summed E-state index contributed by atoms with van der Waals surface area (Å²) in [5.41, 5.74) is 0. The predicted octanol–water partition coefficient (Wildman–Crippen LogP) is 1.42. The molecule has 0 amide bonds. The van der Waals surface area contributed by atoms with Gasteiger partial charge in [-0.05, 0) is 32.7 Å². The van der Waals surface area contributed by atoms with E-state index in [4.69, 9.17) is 0 Å². The summed E-state index contributed by atoms with van der Waals surface area (Å²) in [5.74, 6) is 1.03. The maximum Gasteiger partial charge on any atom is 0.0195 e. The molecule has 1 aliphatic heterocycles. The number of likely N-dealkylation sites (N-methyl/N-ethyl adjacent to an activating group) is 1. The molecule has 1 atom stereocenters. The van der Waals surface area contributed by atoms with Gasteiger partial charge in [0.15, 0.2) is 0 Å². The van der Waals surface area contributed by atoms with E-state index in [1.165, 1.54) is 45.4 Å². The van der Waals surface area contributed by atoms with E-state index in [0.717, 1.165) is 12.0 Å². The molecule has 76 valence electrons. The van der Waals surface area contributed by atoms with E-state index in [9.17, 15) is 0 Å². The third-order valence-electron chi connectivity index (χ3n) is 3.69. The van der Waals surface area contributed by atoms with Crippen LogP contribution in [0.5, 0.6) is 0 Å². The lowest BCUT2D eigenvalue weighted by molar-refractivity contribution is 0.0698. The Balaban J connectivity index is 1.77. The Kier molecular flexibility index (Phi) is 2.89. The van der Waals surface area contributed by atoms with Crippen LogP contribution in [-0.2, 0) is 0 Å². The van der Waals surface area contributed by atoms with Gasteiger partial charge in [-0.3, -0.25) is 4.90 Å². The smallest absolute Gasteiger partial charge is 0.0195 e. The van der Waals surface area contributed by atoms with Gasteiger partial charge in [0.25, 0.3) is 0 Å². The van der Waals surface area contributed by atoms with E-state index >= 15 is 0 Å². The molecule has 2 rings (SSSR count). The van der Waals surface area contributed by atoms with Gasteiger partial charge in [0.2, 0.25) is 0 Å². The van der Waals surface area contributed by atoms with Crippen molar-refractivity contribution in [3.05, 3.63) is 0 Å². The summed E-state index contributed by atoms with van der Waals surface area (Å²) < 4.78 is 0. The minimum Gasteiger partial charge on any atom is -0.304 e. The first-order valence-electron chi connectivity index (χ1n) is 5.68. The average Bonchev–Trinajstić information content (AvgIpc) is 1.99.